The fourth-order valence-corrected chi connectivity index (χ4v) is 0. The summed E-state index contributed by atoms with van der Waals surface area (Å²) in [6, 6.07) is 0. The summed E-state index contributed by atoms with van der Waals surface area (Å²) in [5.74, 6) is -0.981. The van der Waals surface area contributed by atoms with Crippen molar-refractivity contribution in [3.05, 3.63) is 12.7 Å². The Bertz CT molecular complexity index is 118. The van der Waals surface area contributed by atoms with Gasteiger partial charge in [-0.1, -0.05) is 6.58 Å². The van der Waals surface area contributed by atoms with E-state index >= 15 is 0 Å². The van der Waals surface area contributed by atoms with E-state index in [4.69, 9.17) is 15.0 Å². The molecule has 6 nitrogen and oxygen atoms in total. The topological polar surface area (TPSA) is 136 Å². The first-order chi connectivity index (χ1) is 4.00. The molecule has 1 amide bonds. The van der Waals surface area contributed by atoms with E-state index in [9.17, 15) is 4.79 Å². The molecule has 0 fully saturated rings. The predicted octanol–water partition coefficient (Wildman–Crippen LogP) is 0.0421. The lowest BCUT2D eigenvalue weighted by molar-refractivity contribution is -0.131. The minimum absolute atomic E-state index is 0. The number of carbonyl (C=O) groups is 2. The van der Waals surface area contributed by atoms with Gasteiger partial charge in [0.1, 0.15) is 0 Å². The van der Waals surface area contributed by atoms with Crippen molar-refractivity contribution in [3.8, 4) is 0 Å². The second kappa shape index (κ2) is 10.4. The van der Waals surface area contributed by atoms with E-state index < -0.39 is 12.1 Å². The van der Waals surface area contributed by atoms with Gasteiger partial charge < -0.3 is 22.1 Å². The smallest absolute Gasteiger partial charge is 0.402 e. The van der Waals surface area contributed by atoms with Gasteiger partial charge >= 0.3 is 12.1 Å². The van der Waals surface area contributed by atoms with Gasteiger partial charge in [0.15, 0.2) is 0 Å². The van der Waals surface area contributed by atoms with Crippen molar-refractivity contribution in [2.45, 2.75) is 0 Å². The number of hydrogen-bond acceptors (Lipinski definition) is 3. The molecule has 0 aliphatic carbocycles. The van der Waals surface area contributed by atoms with Gasteiger partial charge in [-0.15, -0.1) is 0 Å². The van der Waals surface area contributed by atoms with E-state index in [-0.39, 0.29) is 6.15 Å². The van der Waals surface area contributed by atoms with Gasteiger partial charge in [0.2, 0.25) is 0 Å². The Morgan fingerprint density at radius 1 is 1.40 bits per heavy atom. The van der Waals surface area contributed by atoms with Crippen LogP contribution < -0.4 is 11.9 Å². The second-order valence-corrected chi connectivity index (χ2v) is 0.881. The van der Waals surface area contributed by atoms with E-state index in [0.29, 0.717) is 0 Å². The molecule has 0 aromatic rings. The number of aliphatic carboxylic acids is 1. The fourth-order valence-electron chi connectivity index (χ4n) is 0. The first kappa shape index (κ1) is 15.8. The molecule has 0 spiro atoms. The van der Waals surface area contributed by atoms with Crippen molar-refractivity contribution in [2.75, 3.05) is 0 Å². The Labute approximate surface area is 57.5 Å². The number of rotatable bonds is 1. The van der Waals surface area contributed by atoms with E-state index in [1.807, 2.05) is 0 Å². The number of carboxylic acids is 1. The standard InChI is InChI=1S/C3H4O2.CH3NO2.H3N/c1-2-3(4)5;2-1(3)4;/h2H,1H2,(H,4,5);2H2,(H,3,4);1H3. The Kier molecular flexibility index (Phi) is 16.5. The zero-order valence-corrected chi connectivity index (χ0v) is 5.28. The first-order valence-corrected chi connectivity index (χ1v) is 1.84. The minimum Gasteiger partial charge on any atom is -0.478 e. The van der Waals surface area contributed by atoms with Gasteiger partial charge in [0, 0.05) is 6.08 Å². The molecule has 0 saturated carbocycles. The third kappa shape index (κ3) is 984. The van der Waals surface area contributed by atoms with Crippen molar-refractivity contribution >= 4 is 12.1 Å². The molecule has 0 aliphatic heterocycles. The molecule has 0 rings (SSSR count). The Morgan fingerprint density at radius 3 is 1.50 bits per heavy atom. The highest BCUT2D eigenvalue weighted by atomic mass is 16.4. The minimum atomic E-state index is -1.33. The Hall–Kier alpha value is -1.56. The maximum Gasteiger partial charge on any atom is 0.402 e. The van der Waals surface area contributed by atoms with Crippen LogP contribution in [0.3, 0.4) is 0 Å². The Morgan fingerprint density at radius 2 is 1.50 bits per heavy atom. The van der Waals surface area contributed by atoms with Crippen molar-refractivity contribution in [1.29, 1.82) is 0 Å². The van der Waals surface area contributed by atoms with Crippen LogP contribution in [0.5, 0.6) is 0 Å². The molecule has 7 N–H and O–H groups in total. The highest BCUT2D eigenvalue weighted by Crippen LogP contribution is 1.54. The van der Waals surface area contributed by atoms with Crippen molar-refractivity contribution < 1.29 is 19.8 Å². The summed E-state index contributed by atoms with van der Waals surface area (Å²) >= 11 is 0. The van der Waals surface area contributed by atoms with Crippen LogP contribution in [-0.2, 0) is 4.79 Å². The SMILES string of the molecule is C=CC(=O)O.N.NC(=O)O. The monoisotopic (exact) mass is 150 g/mol. The van der Waals surface area contributed by atoms with E-state index in [0.717, 1.165) is 6.08 Å². The largest absolute Gasteiger partial charge is 0.478 e. The van der Waals surface area contributed by atoms with Crippen LogP contribution in [0.1, 0.15) is 0 Å². The highest BCUT2D eigenvalue weighted by Gasteiger charge is 1.73. The van der Waals surface area contributed by atoms with Gasteiger partial charge in [-0.05, 0) is 0 Å². The van der Waals surface area contributed by atoms with Crippen LogP contribution in [0.15, 0.2) is 12.7 Å². The molecular formula is C4H10N2O4. The maximum atomic E-state index is 9.25. The maximum absolute atomic E-state index is 9.25. The fraction of sp³-hybridized carbons (Fsp3) is 0. The molecule has 0 unspecified atom stereocenters. The third-order valence-electron chi connectivity index (χ3n) is 0.175. The molecule has 6 heteroatoms. The predicted molar refractivity (Wildman–Crippen MR) is 35.1 cm³/mol. The summed E-state index contributed by atoms with van der Waals surface area (Å²) in [7, 11) is 0. The number of primary amides is 1. The van der Waals surface area contributed by atoms with Crippen LogP contribution in [0, 0.1) is 0 Å². The number of hydrogen-bond donors (Lipinski definition) is 4. The van der Waals surface area contributed by atoms with Crippen LogP contribution in [0.25, 0.3) is 0 Å². The summed E-state index contributed by atoms with van der Waals surface area (Å²) < 4.78 is 0. The van der Waals surface area contributed by atoms with Crippen molar-refractivity contribution in [3.63, 3.8) is 0 Å². The van der Waals surface area contributed by atoms with Gasteiger partial charge in [-0.25, -0.2) is 9.59 Å². The Balaban J connectivity index is -0.0000000910. The molecule has 0 aliphatic rings. The summed E-state index contributed by atoms with van der Waals surface area (Å²) in [6.45, 7) is 2.96. The molecule has 0 radical (unpaired) electrons. The van der Waals surface area contributed by atoms with E-state index in [1.165, 1.54) is 0 Å². The summed E-state index contributed by atoms with van der Waals surface area (Å²) in [4.78, 5) is 18.0. The van der Waals surface area contributed by atoms with Gasteiger partial charge in [-0.3, -0.25) is 0 Å². The lowest BCUT2D eigenvalue weighted by atomic mass is 10.7. The van der Waals surface area contributed by atoms with Crippen LogP contribution in [0.2, 0.25) is 0 Å². The molecule has 10 heavy (non-hydrogen) atoms. The molecule has 60 valence electrons. The zero-order valence-electron chi connectivity index (χ0n) is 5.28. The van der Waals surface area contributed by atoms with E-state index in [1.54, 1.807) is 0 Å². The molecule has 0 aromatic heterocycles. The average Bonchev–Trinajstić information content (AvgIpc) is 1.65. The van der Waals surface area contributed by atoms with Crippen LogP contribution in [0.4, 0.5) is 4.79 Å². The second-order valence-electron chi connectivity index (χ2n) is 0.881. The molecular weight excluding hydrogens is 140 g/mol. The van der Waals surface area contributed by atoms with Gasteiger partial charge in [-0.2, -0.15) is 0 Å². The quantitative estimate of drug-likeness (QED) is 0.391. The van der Waals surface area contributed by atoms with Crippen LogP contribution >= 0.6 is 0 Å². The first-order valence-electron chi connectivity index (χ1n) is 1.84. The lowest BCUT2D eigenvalue weighted by Gasteiger charge is -1.64. The number of carboxylic acid groups (broad SMARTS) is 2. The highest BCUT2D eigenvalue weighted by molar-refractivity contribution is 5.78. The average molecular weight is 150 g/mol. The lowest BCUT2D eigenvalue weighted by Crippen LogP contribution is -2.03. The summed E-state index contributed by atoms with van der Waals surface area (Å²) in [5, 5.41) is 14.8. The van der Waals surface area contributed by atoms with Gasteiger partial charge in [0.25, 0.3) is 0 Å². The van der Waals surface area contributed by atoms with Crippen molar-refractivity contribution in [1.82, 2.24) is 6.15 Å². The van der Waals surface area contributed by atoms with Gasteiger partial charge in [0.05, 0.1) is 0 Å². The zero-order chi connectivity index (χ0) is 7.86. The summed E-state index contributed by atoms with van der Waals surface area (Å²) in [6.07, 6.45) is -0.500. The molecule has 0 atom stereocenters. The number of amides is 1. The molecule has 0 heterocycles. The number of nitrogens with two attached hydrogens (primary N) is 1. The van der Waals surface area contributed by atoms with E-state index in [2.05, 4.69) is 12.3 Å². The molecule has 0 bridgehead atoms. The normalized spacial score (nSPS) is 5.60. The third-order valence-corrected chi connectivity index (χ3v) is 0.175. The molecule has 0 aromatic carbocycles. The summed E-state index contributed by atoms with van der Waals surface area (Å²) in [5.41, 5.74) is 4.03. The van der Waals surface area contributed by atoms with Crippen LogP contribution in [-0.4, -0.2) is 22.3 Å². The molecule has 0 saturated heterocycles. The van der Waals surface area contributed by atoms with Crippen molar-refractivity contribution in [2.24, 2.45) is 5.73 Å².